The molecule has 11 heteroatoms. The summed E-state index contributed by atoms with van der Waals surface area (Å²) in [5, 5.41) is -0.290. The van der Waals surface area contributed by atoms with Crippen LogP contribution >= 0.6 is 11.6 Å². The predicted molar refractivity (Wildman–Crippen MR) is 89.4 cm³/mol. The molecule has 0 atom stereocenters. The Hall–Kier alpha value is -3.01. The Kier molecular flexibility index (Phi) is 3.70. The summed E-state index contributed by atoms with van der Waals surface area (Å²) < 4.78 is 55.5. The lowest BCUT2D eigenvalue weighted by Crippen LogP contribution is -2.22. The molecule has 0 saturated carbocycles. The van der Waals surface area contributed by atoms with E-state index in [1.807, 2.05) is 0 Å². The van der Waals surface area contributed by atoms with E-state index < -0.39 is 28.4 Å². The van der Waals surface area contributed by atoms with Crippen LogP contribution in [-0.4, -0.2) is 24.1 Å². The fourth-order valence-corrected chi connectivity index (χ4v) is 3.05. The number of rotatable bonds is 1. The van der Waals surface area contributed by atoms with Gasteiger partial charge in [-0.2, -0.15) is 13.2 Å². The monoisotopic (exact) mass is 397 g/mol. The maximum Gasteiger partial charge on any atom is 0.451 e. The minimum Gasteiger partial charge on any atom is -0.333 e. The number of fused-ring (bicyclic) bond motifs is 3. The van der Waals surface area contributed by atoms with Crippen molar-refractivity contribution in [3.05, 3.63) is 57.7 Å². The number of aryl methyl sites for hydroxylation is 1. The lowest BCUT2D eigenvalue weighted by atomic mass is 10.2. The van der Waals surface area contributed by atoms with Gasteiger partial charge in [0.25, 0.3) is 5.56 Å². The van der Waals surface area contributed by atoms with Gasteiger partial charge >= 0.3 is 6.18 Å². The van der Waals surface area contributed by atoms with Crippen molar-refractivity contribution in [1.29, 1.82) is 0 Å². The van der Waals surface area contributed by atoms with Gasteiger partial charge in [-0.25, -0.2) is 19.3 Å². The number of aromatic nitrogens is 5. The summed E-state index contributed by atoms with van der Waals surface area (Å²) >= 11 is 5.96. The highest BCUT2D eigenvalue weighted by Gasteiger charge is 2.35. The van der Waals surface area contributed by atoms with Gasteiger partial charge in [-0.05, 0) is 12.1 Å². The predicted octanol–water partition coefficient (Wildman–Crippen LogP) is 3.48. The highest BCUT2D eigenvalue weighted by atomic mass is 35.5. The first-order valence-electron chi connectivity index (χ1n) is 7.44. The molecule has 3 aromatic heterocycles. The molecule has 0 amide bonds. The Morgan fingerprint density at radius 3 is 2.63 bits per heavy atom. The van der Waals surface area contributed by atoms with Gasteiger partial charge in [0.05, 0.1) is 22.9 Å². The van der Waals surface area contributed by atoms with Crippen molar-refractivity contribution in [2.24, 2.45) is 7.05 Å². The molecule has 0 bridgehead atoms. The van der Waals surface area contributed by atoms with Crippen LogP contribution in [0.5, 0.6) is 0 Å². The molecule has 4 aromatic rings. The molecule has 3 heterocycles. The molecule has 138 valence electrons. The number of hydrogen-bond donors (Lipinski definition) is 0. The van der Waals surface area contributed by atoms with Crippen LogP contribution in [-0.2, 0) is 13.2 Å². The first-order valence-corrected chi connectivity index (χ1v) is 7.82. The fraction of sp³-hybridized carbons (Fsp3) is 0.125. The first-order chi connectivity index (χ1) is 12.7. The maximum atomic E-state index is 13.9. The van der Waals surface area contributed by atoms with E-state index in [-0.39, 0.29) is 27.8 Å². The number of pyridine rings is 1. The van der Waals surface area contributed by atoms with Gasteiger partial charge in [0.1, 0.15) is 10.8 Å². The van der Waals surface area contributed by atoms with Crippen molar-refractivity contribution in [3.63, 3.8) is 0 Å². The second-order valence-corrected chi connectivity index (χ2v) is 6.07. The van der Waals surface area contributed by atoms with Gasteiger partial charge in [0, 0.05) is 13.2 Å². The third-order valence-electron chi connectivity index (χ3n) is 4.00. The van der Waals surface area contributed by atoms with Gasteiger partial charge in [-0.1, -0.05) is 17.7 Å². The SMILES string of the molecule is Cn1cnc2c(=O)n(-c3cccc(F)c3Cl)c3nc(C(F)(F)F)ncc3c21. The second kappa shape index (κ2) is 5.74. The van der Waals surface area contributed by atoms with E-state index in [4.69, 9.17) is 11.6 Å². The second-order valence-electron chi connectivity index (χ2n) is 5.69. The minimum absolute atomic E-state index is 0.0336. The van der Waals surface area contributed by atoms with E-state index in [9.17, 15) is 22.4 Å². The highest BCUT2D eigenvalue weighted by Crippen LogP contribution is 2.31. The lowest BCUT2D eigenvalue weighted by Gasteiger charge is -2.14. The highest BCUT2D eigenvalue weighted by molar-refractivity contribution is 6.32. The summed E-state index contributed by atoms with van der Waals surface area (Å²) in [4.78, 5) is 23.8. The van der Waals surface area contributed by atoms with Gasteiger partial charge in [-0.15, -0.1) is 0 Å². The van der Waals surface area contributed by atoms with Gasteiger partial charge < -0.3 is 4.57 Å². The first kappa shape index (κ1) is 17.4. The van der Waals surface area contributed by atoms with E-state index >= 15 is 0 Å². The zero-order valence-electron chi connectivity index (χ0n) is 13.4. The average Bonchev–Trinajstić information content (AvgIpc) is 3.00. The zero-order valence-corrected chi connectivity index (χ0v) is 14.2. The van der Waals surface area contributed by atoms with Gasteiger partial charge in [0.15, 0.2) is 11.2 Å². The molecule has 27 heavy (non-hydrogen) atoms. The van der Waals surface area contributed by atoms with Gasteiger partial charge in [-0.3, -0.25) is 9.36 Å². The molecule has 0 radical (unpaired) electrons. The van der Waals surface area contributed by atoms with Crippen LogP contribution in [0, 0.1) is 5.82 Å². The molecule has 0 saturated heterocycles. The number of halogens is 5. The summed E-state index contributed by atoms with van der Waals surface area (Å²) in [6.45, 7) is 0. The number of imidazole rings is 1. The van der Waals surface area contributed by atoms with Crippen LogP contribution in [0.4, 0.5) is 17.6 Å². The molecule has 0 unspecified atom stereocenters. The van der Waals surface area contributed by atoms with Crippen molar-refractivity contribution >= 4 is 33.7 Å². The summed E-state index contributed by atoms with van der Waals surface area (Å²) in [7, 11) is 1.57. The molecule has 0 fully saturated rings. The van der Waals surface area contributed by atoms with E-state index in [0.29, 0.717) is 0 Å². The smallest absolute Gasteiger partial charge is 0.333 e. The molecular weight excluding hydrogens is 390 g/mol. The summed E-state index contributed by atoms with van der Waals surface area (Å²) in [5.74, 6) is -2.27. The quantitative estimate of drug-likeness (QED) is 0.461. The van der Waals surface area contributed by atoms with E-state index in [1.165, 1.54) is 23.0 Å². The van der Waals surface area contributed by atoms with Crippen LogP contribution in [0.2, 0.25) is 5.02 Å². The Morgan fingerprint density at radius 2 is 1.93 bits per heavy atom. The van der Waals surface area contributed by atoms with Gasteiger partial charge in [0.2, 0.25) is 5.82 Å². The third-order valence-corrected chi connectivity index (χ3v) is 4.38. The largest absolute Gasteiger partial charge is 0.451 e. The Labute approximate surface area is 152 Å². The molecule has 0 aliphatic rings. The molecular formula is C16H8ClF4N5O. The van der Waals surface area contributed by atoms with Crippen molar-refractivity contribution in [2.75, 3.05) is 0 Å². The number of hydrogen-bond acceptors (Lipinski definition) is 4. The fourth-order valence-electron chi connectivity index (χ4n) is 2.84. The van der Waals surface area contributed by atoms with Crippen LogP contribution < -0.4 is 5.56 Å². The Balaban J connectivity index is 2.26. The Morgan fingerprint density at radius 1 is 1.19 bits per heavy atom. The van der Waals surface area contributed by atoms with E-state index in [0.717, 1.165) is 16.8 Å². The number of alkyl halides is 3. The summed E-state index contributed by atoms with van der Waals surface area (Å²) in [5.41, 5.74) is -1.06. The number of benzene rings is 1. The summed E-state index contributed by atoms with van der Waals surface area (Å²) in [6, 6.07) is 3.65. The van der Waals surface area contributed by atoms with Crippen molar-refractivity contribution in [3.8, 4) is 5.69 Å². The van der Waals surface area contributed by atoms with Crippen molar-refractivity contribution < 1.29 is 17.6 Å². The van der Waals surface area contributed by atoms with E-state index in [2.05, 4.69) is 15.0 Å². The van der Waals surface area contributed by atoms with Crippen LogP contribution in [0.1, 0.15) is 5.82 Å². The molecule has 0 aliphatic heterocycles. The molecule has 6 nitrogen and oxygen atoms in total. The van der Waals surface area contributed by atoms with Crippen LogP contribution in [0.25, 0.3) is 27.8 Å². The number of nitrogens with zero attached hydrogens (tertiary/aromatic N) is 5. The summed E-state index contributed by atoms with van der Waals surface area (Å²) in [6.07, 6.45) is -2.54. The molecule has 0 aliphatic carbocycles. The molecule has 1 aromatic carbocycles. The normalized spacial score (nSPS) is 12.2. The topological polar surface area (TPSA) is 65.6 Å². The van der Waals surface area contributed by atoms with Crippen molar-refractivity contribution in [2.45, 2.75) is 6.18 Å². The Bertz CT molecular complexity index is 1280. The minimum atomic E-state index is -4.83. The standard InChI is InChI=1S/C16H8ClF4N5O/c1-25-6-23-11-12(25)7-5-22-15(16(19,20)21)24-13(7)26(14(11)27)9-4-2-3-8(18)10(9)17/h2-6H,1H3. The van der Waals surface area contributed by atoms with E-state index in [1.54, 1.807) is 7.05 Å². The maximum absolute atomic E-state index is 13.9. The zero-order chi connectivity index (χ0) is 19.5. The van der Waals surface area contributed by atoms with Crippen LogP contribution in [0.15, 0.2) is 35.5 Å². The molecule has 4 rings (SSSR count). The third kappa shape index (κ3) is 2.55. The molecule has 0 spiro atoms. The van der Waals surface area contributed by atoms with Crippen LogP contribution in [0.3, 0.4) is 0 Å². The average molecular weight is 398 g/mol. The lowest BCUT2D eigenvalue weighted by molar-refractivity contribution is -0.144. The molecule has 0 N–H and O–H groups in total. The van der Waals surface area contributed by atoms with Crippen molar-refractivity contribution in [1.82, 2.24) is 24.1 Å².